The first-order valence-corrected chi connectivity index (χ1v) is 11.1. The number of ether oxygens (including phenoxy) is 2. The molecule has 0 saturated heterocycles. The Morgan fingerprint density at radius 3 is 2.10 bits per heavy atom. The van der Waals surface area contributed by atoms with E-state index in [0.29, 0.717) is 22.4 Å². The topological polar surface area (TPSA) is 76.4 Å². The molecular weight excluding hydrogens is 390 g/mol. The second kappa shape index (κ2) is 11.3. The molecule has 0 atom stereocenters. The maximum Gasteiger partial charge on any atom is 0.343 e. The molecule has 0 heterocycles. The number of nitrogens with zero attached hydrogens (tertiary/aromatic N) is 1. The highest BCUT2D eigenvalue weighted by atomic mass is 16.5. The minimum absolute atomic E-state index is 0.0176. The molecule has 1 aliphatic rings. The number of carbonyl (C=O) groups excluding carboxylic acids is 2. The fourth-order valence-corrected chi connectivity index (χ4v) is 3.95. The largest absolute Gasteiger partial charge is 0.459 e. The second-order valence-corrected chi connectivity index (χ2v) is 8.15. The molecule has 5 nitrogen and oxygen atoms in total. The predicted molar refractivity (Wildman–Crippen MR) is 118 cm³/mol. The van der Waals surface area contributed by atoms with Gasteiger partial charge in [0, 0.05) is 0 Å². The lowest BCUT2D eigenvalue weighted by Gasteiger charge is -2.28. The van der Waals surface area contributed by atoms with Crippen molar-refractivity contribution in [3.63, 3.8) is 0 Å². The van der Waals surface area contributed by atoms with E-state index in [2.05, 4.69) is 6.92 Å². The van der Waals surface area contributed by atoms with Crippen LogP contribution >= 0.6 is 0 Å². The van der Waals surface area contributed by atoms with Gasteiger partial charge < -0.3 is 9.47 Å². The van der Waals surface area contributed by atoms with E-state index in [1.165, 1.54) is 25.7 Å². The zero-order chi connectivity index (χ0) is 22.1. The molecule has 0 amide bonds. The Labute approximate surface area is 184 Å². The Kier molecular flexibility index (Phi) is 8.23. The highest BCUT2D eigenvalue weighted by Gasteiger charge is 2.24. The molecule has 2 aromatic carbocycles. The van der Waals surface area contributed by atoms with Gasteiger partial charge in [-0.05, 0) is 80.1 Å². The summed E-state index contributed by atoms with van der Waals surface area (Å²) in [7, 11) is 0. The minimum atomic E-state index is -0.522. The van der Waals surface area contributed by atoms with Crippen LogP contribution in [0.5, 0.6) is 5.75 Å². The predicted octanol–water partition coefficient (Wildman–Crippen LogP) is 6.07. The lowest BCUT2D eigenvalue weighted by atomic mass is 9.84. The van der Waals surface area contributed by atoms with Crippen LogP contribution in [0.4, 0.5) is 0 Å². The van der Waals surface area contributed by atoms with Gasteiger partial charge in [-0.25, -0.2) is 9.59 Å². The summed E-state index contributed by atoms with van der Waals surface area (Å²) in [5, 5.41) is 8.82. The molecule has 2 aromatic rings. The quantitative estimate of drug-likeness (QED) is 0.295. The first-order chi connectivity index (χ1) is 15.1. The summed E-state index contributed by atoms with van der Waals surface area (Å²) in [5.41, 5.74) is 1.26. The first-order valence-electron chi connectivity index (χ1n) is 11.1. The number of nitriles is 1. The molecule has 0 spiro atoms. The van der Waals surface area contributed by atoms with Gasteiger partial charge in [-0.1, -0.05) is 32.6 Å². The molecule has 0 N–H and O–H groups in total. The van der Waals surface area contributed by atoms with E-state index in [1.54, 1.807) is 48.5 Å². The third kappa shape index (κ3) is 6.68. The minimum Gasteiger partial charge on any atom is -0.459 e. The average Bonchev–Trinajstić information content (AvgIpc) is 2.81. The molecule has 0 bridgehead atoms. The van der Waals surface area contributed by atoms with Crippen LogP contribution in [0.15, 0.2) is 48.5 Å². The van der Waals surface area contributed by atoms with Gasteiger partial charge in [0.1, 0.15) is 11.9 Å². The Morgan fingerprint density at radius 2 is 1.52 bits per heavy atom. The monoisotopic (exact) mass is 419 g/mol. The summed E-state index contributed by atoms with van der Waals surface area (Å²) < 4.78 is 11.0. The molecule has 0 aromatic heterocycles. The van der Waals surface area contributed by atoms with Crippen LogP contribution < -0.4 is 4.74 Å². The zero-order valence-electron chi connectivity index (χ0n) is 18.0. The number of unbranched alkanes of at least 4 members (excludes halogenated alkanes) is 2. The van der Waals surface area contributed by atoms with Crippen LogP contribution in [0.1, 0.15) is 84.6 Å². The Balaban J connectivity index is 1.47. The van der Waals surface area contributed by atoms with Crippen molar-refractivity contribution < 1.29 is 19.1 Å². The standard InChI is InChI=1S/C26H29NO4/c1-2-3-4-5-19-6-14-23(15-7-19)30-25(28)21-10-12-22(13-11-21)26(29)31-24-16-8-20(18-27)9-17-24/h8-13,16-17,19,23H,2-7,14-15H2,1H3. The Bertz CT molecular complexity index is 904. The van der Waals surface area contributed by atoms with Crippen molar-refractivity contribution in [3.8, 4) is 11.8 Å². The summed E-state index contributed by atoms with van der Waals surface area (Å²) in [5.74, 6) is 0.258. The van der Waals surface area contributed by atoms with Gasteiger partial charge in [-0.15, -0.1) is 0 Å². The number of benzene rings is 2. The highest BCUT2D eigenvalue weighted by Crippen LogP contribution is 2.30. The first kappa shape index (κ1) is 22.6. The van der Waals surface area contributed by atoms with Gasteiger partial charge >= 0.3 is 11.9 Å². The van der Waals surface area contributed by atoms with E-state index in [0.717, 1.165) is 31.6 Å². The fourth-order valence-electron chi connectivity index (χ4n) is 3.95. The third-order valence-electron chi connectivity index (χ3n) is 5.83. The van der Waals surface area contributed by atoms with Crippen LogP contribution in [0.3, 0.4) is 0 Å². The molecule has 162 valence electrons. The number of hydrogen-bond donors (Lipinski definition) is 0. The SMILES string of the molecule is CCCCCC1CCC(OC(=O)c2ccc(C(=O)Oc3ccc(C#N)cc3)cc2)CC1. The van der Waals surface area contributed by atoms with Crippen molar-refractivity contribution >= 4 is 11.9 Å². The van der Waals surface area contributed by atoms with E-state index in [4.69, 9.17) is 14.7 Å². The van der Waals surface area contributed by atoms with Gasteiger partial charge in [-0.3, -0.25) is 0 Å². The fraction of sp³-hybridized carbons (Fsp3) is 0.423. The maximum atomic E-state index is 12.5. The van der Waals surface area contributed by atoms with Crippen molar-refractivity contribution in [2.45, 2.75) is 64.4 Å². The van der Waals surface area contributed by atoms with E-state index in [1.807, 2.05) is 6.07 Å². The van der Waals surface area contributed by atoms with E-state index in [9.17, 15) is 9.59 Å². The second-order valence-electron chi connectivity index (χ2n) is 8.15. The normalized spacial score (nSPS) is 18.1. The summed E-state index contributed by atoms with van der Waals surface area (Å²) >= 11 is 0. The summed E-state index contributed by atoms with van der Waals surface area (Å²) in [6.45, 7) is 2.22. The highest BCUT2D eigenvalue weighted by molar-refractivity contribution is 5.94. The van der Waals surface area contributed by atoms with E-state index >= 15 is 0 Å². The van der Waals surface area contributed by atoms with Gasteiger partial charge in [0.2, 0.25) is 0 Å². The number of esters is 2. The van der Waals surface area contributed by atoms with E-state index < -0.39 is 5.97 Å². The van der Waals surface area contributed by atoms with Crippen LogP contribution in [0, 0.1) is 17.2 Å². The van der Waals surface area contributed by atoms with Crippen molar-refractivity contribution in [2.75, 3.05) is 0 Å². The van der Waals surface area contributed by atoms with Gasteiger partial charge in [-0.2, -0.15) is 5.26 Å². The van der Waals surface area contributed by atoms with Crippen LogP contribution in [-0.2, 0) is 4.74 Å². The Morgan fingerprint density at radius 1 is 0.903 bits per heavy atom. The maximum absolute atomic E-state index is 12.5. The molecule has 1 saturated carbocycles. The van der Waals surface area contributed by atoms with Crippen LogP contribution in [0.25, 0.3) is 0 Å². The third-order valence-corrected chi connectivity index (χ3v) is 5.83. The molecule has 0 radical (unpaired) electrons. The molecule has 3 rings (SSSR count). The number of rotatable bonds is 8. The average molecular weight is 420 g/mol. The van der Waals surface area contributed by atoms with Crippen molar-refractivity contribution in [1.82, 2.24) is 0 Å². The van der Waals surface area contributed by atoms with Crippen molar-refractivity contribution in [3.05, 3.63) is 65.2 Å². The molecule has 31 heavy (non-hydrogen) atoms. The molecular formula is C26H29NO4. The molecule has 1 fully saturated rings. The number of carbonyl (C=O) groups is 2. The molecule has 0 unspecified atom stereocenters. The van der Waals surface area contributed by atoms with Crippen molar-refractivity contribution in [1.29, 1.82) is 5.26 Å². The molecule has 0 aliphatic heterocycles. The zero-order valence-corrected chi connectivity index (χ0v) is 18.0. The smallest absolute Gasteiger partial charge is 0.343 e. The van der Waals surface area contributed by atoms with Gasteiger partial charge in [0.25, 0.3) is 0 Å². The summed E-state index contributed by atoms with van der Waals surface area (Å²) in [6, 6.07) is 14.6. The van der Waals surface area contributed by atoms with Crippen LogP contribution in [-0.4, -0.2) is 18.0 Å². The lowest BCUT2D eigenvalue weighted by Crippen LogP contribution is -2.24. The number of hydrogen-bond acceptors (Lipinski definition) is 5. The van der Waals surface area contributed by atoms with Crippen molar-refractivity contribution in [2.24, 2.45) is 5.92 Å². The molecule has 5 heteroatoms. The Hall–Kier alpha value is -3.13. The van der Waals surface area contributed by atoms with Crippen LogP contribution in [0.2, 0.25) is 0 Å². The molecule has 1 aliphatic carbocycles. The summed E-state index contributed by atoms with van der Waals surface area (Å²) in [4.78, 5) is 24.8. The van der Waals surface area contributed by atoms with Gasteiger partial charge in [0.05, 0.1) is 22.8 Å². The van der Waals surface area contributed by atoms with Gasteiger partial charge in [0.15, 0.2) is 0 Å². The lowest BCUT2D eigenvalue weighted by molar-refractivity contribution is 0.0160. The van der Waals surface area contributed by atoms with E-state index in [-0.39, 0.29) is 12.1 Å². The summed E-state index contributed by atoms with van der Waals surface area (Å²) in [6.07, 6.45) is 9.22.